The van der Waals surface area contributed by atoms with Crippen LogP contribution >= 0.6 is 0 Å². The van der Waals surface area contributed by atoms with Crippen molar-refractivity contribution in [3.05, 3.63) is 34.4 Å². The third-order valence-corrected chi connectivity index (χ3v) is 2.21. The van der Waals surface area contributed by atoms with E-state index in [0.717, 1.165) is 6.07 Å². The van der Waals surface area contributed by atoms with Crippen molar-refractivity contribution >= 4 is 12.3 Å². The highest BCUT2D eigenvalue weighted by Gasteiger charge is 2.35. The molecule has 1 N–H and O–H groups in total. The second-order valence-corrected chi connectivity index (χ2v) is 3.36. The van der Waals surface area contributed by atoms with Gasteiger partial charge >= 0.3 is 12.1 Å². The molecule has 0 bridgehead atoms. The molecule has 7 heteroatoms. The van der Waals surface area contributed by atoms with E-state index >= 15 is 0 Å². The number of nitrogens with zero attached hydrogens (tertiary/aromatic N) is 1. The number of carboxylic acid groups (broad SMARTS) is 1. The number of aliphatic carboxylic acids is 1. The minimum atomic E-state index is -4.77. The van der Waals surface area contributed by atoms with Crippen molar-refractivity contribution in [1.29, 1.82) is 5.26 Å². The summed E-state index contributed by atoms with van der Waals surface area (Å²) in [6.07, 6.45) is -5.34. The van der Waals surface area contributed by atoms with Gasteiger partial charge < -0.3 is 5.11 Å². The number of carbonyl (C=O) groups excluding carboxylic acids is 1. The number of alkyl halides is 3. The SMILES string of the molecule is N#Cc1c(C(F)(F)F)ccc(CC(=O)O)c1C=O. The van der Waals surface area contributed by atoms with E-state index < -0.39 is 35.3 Å². The van der Waals surface area contributed by atoms with Crippen LogP contribution in [0.25, 0.3) is 0 Å². The molecular weight excluding hydrogens is 251 g/mol. The molecule has 18 heavy (non-hydrogen) atoms. The summed E-state index contributed by atoms with van der Waals surface area (Å²) in [4.78, 5) is 21.3. The standard InChI is InChI=1S/C11H6F3NO3/c12-11(13,14)9-2-1-6(3-10(17)18)8(5-16)7(9)4-15/h1-2,5H,3H2,(H,17,18). The lowest BCUT2D eigenvalue weighted by atomic mass is 9.95. The highest BCUT2D eigenvalue weighted by atomic mass is 19.4. The lowest BCUT2D eigenvalue weighted by molar-refractivity contribution is -0.137. The highest BCUT2D eigenvalue weighted by molar-refractivity contribution is 5.85. The Morgan fingerprint density at radius 3 is 2.44 bits per heavy atom. The first-order valence-electron chi connectivity index (χ1n) is 4.61. The molecule has 1 aromatic rings. The van der Waals surface area contributed by atoms with E-state index in [1.54, 1.807) is 0 Å². The minimum absolute atomic E-state index is 0.0616. The zero-order chi connectivity index (χ0) is 13.9. The first-order chi connectivity index (χ1) is 8.31. The molecule has 0 aliphatic carbocycles. The third-order valence-electron chi connectivity index (χ3n) is 2.21. The molecule has 1 rings (SSSR count). The topological polar surface area (TPSA) is 78.2 Å². The molecular formula is C11H6F3NO3. The number of carboxylic acids is 1. The largest absolute Gasteiger partial charge is 0.481 e. The van der Waals surface area contributed by atoms with Gasteiger partial charge in [-0.1, -0.05) is 6.07 Å². The first-order valence-corrected chi connectivity index (χ1v) is 4.61. The molecule has 0 aliphatic heterocycles. The number of aldehydes is 1. The Hall–Kier alpha value is -2.36. The van der Waals surface area contributed by atoms with Crippen LogP contribution in [-0.4, -0.2) is 17.4 Å². The quantitative estimate of drug-likeness (QED) is 0.840. The van der Waals surface area contributed by atoms with E-state index in [0.29, 0.717) is 6.07 Å². The van der Waals surface area contributed by atoms with Gasteiger partial charge in [0.15, 0.2) is 6.29 Å². The van der Waals surface area contributed by atoms with Gasteiger partial charge in [0.2, 0.25) is 0 Å². The monoisotopic (exact) mass is 257 g/mol. The summed E-state index contributed by atoms with van der Waals surface area (Å²) in [7, 11) is 0. The Bertz CT molecular complexity index is 544. The highest BCUT2D eigenvalue weighted by Crippen LogP contribution is 2.33. The van der Waals surface area contributed by atoms with Gasteiger partial charge in [-0.25, -0.2) is 0 Å². The van der Waals surface area contributed by atoms with Crippen LogP contribution in [-0.2, 0) is 17.4 Å². The lowest BCUT2D eigenvalue weighted by Crippen LogP contribution is -2.12. The van der Waals surface area contributed by atoms with E-state index in [2.05, 4.69) is 0 Å². The second kappa shape index (κ2) is 4.87. The number of halogens is 3. The maximum atomic E-state index is 12.6. The van der Waals surface area contributed by atoms with E-state index in [1.807, 2.05) is 0 Å². The summed E-state index contributed by atoms with van der Waals surface area (Å²) in [5, 5.41) is 17.3. The molecule has 0 amide bonds. The fraction of sp³-hybridized carbons (Fsp3) is 0.182. The predicted octanol–water partition coefficient (Wildman–Crippen LogP) is 2.02. The van der Waals surface area contributed by atoms with Gasteiger partial charge in [0.05, 0.1) is 17.5 Å². The number of benzene rings is 1. The van der Waals surface area contributed by atoms with Gasteiger partial charge in [-0.3, -0.25) is 9.59 Å². The van der Waals surface area contributed by atoms with E-state index in [4.69, 9.17) is 10.4 Å². The molecule has 0 aliphatic rings. The zero-order valence-electron chi connectivity index (χ0n) is 8.78. The van der Waals surface area contributed by atoms with Crippen LogP contribution in [0.5, 0.6) is 0 Å². The van der Waals surface area contributed by atoms with Crippen LogP contribution in [0.3, 0.4) is 0 Å². The molecule has 4 nitrogen and oxygen atoms in total. The van der Waals surface area contributed by atoms with Crippen molar-refractivity contribution in [1.82, 2.24) is 0 Å². The molecule has 0 spiro atoms. The lowest BCUT2D eigenvalue weighted by Gasteiger charge is -2.12. The smallest absolute Gasteiger partial charge is 0.417 e. The average Bonchev–Trinajstić information content (AvgIpc) is 2.25. The number of nitriles is 1. The van der Waals surface area contributed by atoms with E-state index in [1.165, 1.54) is 6.07 Å². The fourth-order valence-corrected chi connectivity index (χ4v) is 1.47. The van der Waals surface area contributed by atoms with Gasteiger partial charge in [-0.05, 0) is 11.6 Å². The Morgan fingerprint density at radius 1 is 1.44 bits per heavy atom. The molecule has 94 valence electrons. The molecule has 0 saturated heterocycles. The van der Waals surface area contributed by atoms with Gasteiger partial charge in [0.1, 0.15) is 6.07 Å². The summed E-state index contributed by atoms with van der Waals surface area (Å²) in [6.45, 7) is 0. The Balaban J connectivity index is 3.52. The zero-order valence-corrected chi connectivity index (χ0v) is 8.78. The van der Waals surface area contributed by atoms with Gasteiger partial charge in [0.25, 0.3) is 0 Å². The Kier molecular flexibility index (Phi) is 3.71. The van der Waals surface area contributed by atoms with Crippen molar-refractivity contribution in [2.24, 2.45) is 0 Å². The fourth-order valence-electron chi connectivity index (χ4n) is 1.47. The summed E-state index contributed by atoms with van der Waals surface area (Å²) >= 11 is 0. The van der Waals surface area contributed by atoms with Crippen molar-refractivity contribution in [2.45, 2.75) is 12.6 Å². The number of rotatable bonds is 3. The summed E-state index contributed by atoms with van der Waals surface area (Å²) < 4.78 is 37.7. The number of carbonyl (C=O) groups is 2. The van der Waals surface area contributed by atoms with Crippen LogP contribution in [0, 0.1) is 11.3 Å². The molecule has 0 unspecified atom stereocenters. The van der Waals surface area contributed by atoms with Gasteiger partial charge in [0, 0.05) is 5.56 Å². The average molecular weight is 257 g/mol. The molecule has 1 aromatic carbocycles. The van der Waals surface area contributed by atoms with Crippen LogP contribution in [0.2, 0.25) is 0 Å². The second-order valence-electron chi connectivity index (χ2n) is 3.36. The molecule has 0 atom stereocenters. The number of hydrogen-bond acceptors (Lipinski definition) is 3. The molecule has 0 saturated carbocycles. The normalized spacial score (nSPS) is 10.8. The molecule has 0 heterocycles. The maximum absolute atomic E-state index is 12.6. The van der Waals surface area contributed by atoms with Crippen molar-refractivity contribution in [3.8, 4) is 6.07 Å². The molecule has 0 radical (unpaired) electrons. The predicted molar refractivity (Wildman–Crippen MR) is 52.9 cm³/mol. The summed E-state index contributed by atoms with van der Waals surface area (Å²) in [5.41, 5.74) is -2.76. The summed E-state index contributed by atoms with van der Waals surface area (Å²) in [6, 6.07) is 2.78. The van der Waals surface area contributed by atoms with Crippen LogP contribution < -0.4 is 0 Å². The number of hydrogen-bond donors (Lipinski definition) is 1. The molecule has 0 fully saturated rings. The van der Waals surface area contributed by atoms with Gasteiger partial charge in [-0.2, -0.15) is 18.4 Å². The third kappa shape index (κ3) is 2.66. The van der Waals surface area contributed by atoms with Crippen molar-refractivity contribution in [2.75, 3.05) is 0 Å². The minimum Gasteiger partial charge on any atom is -0.481 e. The van der Waals surface area contributed by atoms with E-state index in [9.17, 15) is 22.8 Å². The van der Waals surface area contributed by atoms with Crippen molar-refractivity contribution < 1.29 is 27.9 Å². The Morgan fingerprint density at radius 2 is 2.06 bits per heavy atom. The molecule has 0 aromatic heterocycles. The first kappa shape index (κ1) is 13.7. The van der Waals surface area contributed by atoms with Crippen LogP contribution in [0.1, 0.15) is 27.0 Å². The summed E-state index contributed by atoms with van der Waals surface area (Å²) in [5.74, 6) is -1.30. The van der Waals surface area contributed by atoms with Crippen molar-refractivity contribution in [3.63, 3.8) is 0 Å². The van der Waals surface area contributed by atoms with Crippen LogP contribution in [0.4, 0.5) is 13.2 Å². The van der Waals surface area contributed by atoms with Gasteiger partial charge in [-0.15, -0.1) is 0 Å². The van der Waals surface area contributed by atoms with Crippen LogP contribution in [0.15, 0.2) is 12.1 Å². The Labute approximate surface area is 99.3 Å². The maximum Gasteiger partial charge on any atom is 0.417 e. The van der Waals surface area contributed by atoms with E-state index in [-0.39, 0.29) is 11.8 Å².